The summed E-state index contributed by atoms with van der Waals surface area (Å²) in [7, 11) is 1.67. The summed E-state index contributed by atoms with van der Waals surface area (Å²) in [5.74, 6) is 0.212. The van der Waals surface area contributed by atoms with Crippen LogP contribution in [0.3, 0.4) is 0 Å². The zero-order chi connectivity index (χ0) is 26.8. The van der Waals surface area contributed by atoms with Gasteiger partial charge in [0.25, 0.3) is 0 Å². The first-order valence-corrected chi connectivity index (χ1v) is 13.7. The Morgan fingerprint density at radius 2 is 2.03 bits per heavy atom. The number of aromatic nitrogens is 1. The molecule has 10 heteroatoms. The molecule has 2 aliphatic rings. The predicted molar refractivity (Wildman–Crippen MR) is 144 cm³/mol. The molecule has 2 fully saturated rings. The highest BCUT2D eigenvalue weighted by molar-refractivity contribution is 7.13. The van der Waals surface area contributed by atoms with E-state index in [9.17, 15) is 14.0 Å². The summed E-state index contributed by atoms with van der Waals surface area (Å²) >= 11 is 1.39. The van der Waals surface area contributed by atoms with Gasteiger partial charge < -0.3 is 15.0 Å². The number of anilines is 1. The molecule has 37 heavy (non-hydrogen) atoms. The zero-order valence-electron chi connectivity index (χ0n) is 22.3. The van der Waals surface area contributed by atoms with E-state index >= 15 is 0 Å². The summed E-state index contributed by atoms with van der Waals surface area (Å²) in [6.07, 6.45) is 2.12. The molecule has 8 nitrogen and oxygen atoms in total. The lowest BCUT2D eigenvalue weighted by Gasteiger charge is -2.46. The second kappa shape index (κ2) is 10.9. The van der Waals surface area contributed by atoms with Gasteiger partial charge in [-0.3, -0.25) is 10.2 Å². The molecule has 3 atom stereocenters. The van der Waals surface area contributed by atoms with Crippen LogP contribution < -0.4 is 10.6 Å². The van der Waals surface area contributed by atoms with Gasteiger partial charge >= 0.3 is 12.1 Å². The third kappa shape index (κ3) is 6.98. The van der Waals surface area contributed by atoms with Gasteiger partial charge in [-0.15, -0.1) is 11.3 Å². The average molecular weight is 532 g/mol. The van der Waals surface area contributed by atoms with Crippen molar-refractivity contribution < 1.29 is 18.7 Å². The summed E-state index contributed by atoms with van der Waals surface area (Å²) in [4.78, 5) is 33.8. The molecule has 2 unspecified atom stereocenters. The van der Waals surface area contributed by atoms with Crippen LogP contribution in [0.1, 0.15) is 51.8 Å². The highest BCUT2D eigenvalue weighted by Gasteiger charge is 2.46. The number of urea groups is 1. The van der Waals surface area contributed by atoms with Crippen molar-refractivity contribution in [3.05, 3.63) is 46.7 Å². The fourth-order valence-electron chi connectivity index (χ4n) is 5.09. The number of likely N-dealkylation sites (tertiary alicyclic amines) is 1. The molecule has 2 saturated heterocycles. The maximum absolute atomic E-state index is 13.3. The van der Waals surface area contributed by atoms with Gasteiger partial charge in [0, 0.05) is 30.9 Å². The SMILES string of the molecule is CN1CC(C)(NC(=O)Nc2nc(C(C)(C)C)cs2)C(CN2CCC[C@@H](Cc3ccc(F)cc3)C2)OC1=O. The number of amides is 3. The lowest BCUT2D eigenvalue weighted by molar-refractivity contribution is -0.0411. The lowest BCUT2D eigenvalue weighted by atomic mass is 9.88. The summed E-state index contributed by atoms with van der Waals surface area (Å²) in [6.45, 7) is 10.8. The second-order valence-corrected chi connectivity index (χ2v) is 12.5. The minimum Gasteiger partial charge on any atom is -0.442 e. The van der Waals surface area contributed by atoms with Crippen LogP contribution in [-0.4, -0.2) is 71.8 Å². The Hall–Kier alpha value is -2.72. The Kier molecular flexibility index (Phi) is 8.08. The number of hydrogen-bond donors (Lipinski definition) is 2. The molecule has 202 valence electrons. The number of ether oxygens (including phenoxy) is 1. The minimum atomic E-state index is -0.791. The number of benzene rings is 1. The van der Waals surface area contributed by atoms with Crippen LogP contribution in [0.2, 0.25) is 0 Å². The number of hydrogen-bond acceptors (Lipinski definition) is 6. The highest BCUT2D eigenvalue weighted by Crippen LogP contribution is 2.28. The molecule has 1 aromatic heterocycles. The van der Waals surface area contributed by atoms with E-state index in [0.717, 1.165) is 43.6 Å². The monoisotopic (exact) mass is 531 g/mol. The number of halogens is 1. The summed E-state index contributed by atoms with van der Waals surface area (Å²) < 4.78 is 19.1. The van der Waals surface area contributed by atoms with E-state index in [0.29, 0.717) is 24.1 Å². The average Bonchev–Trinajstić information content (AvgIpc) is 3.28. The van der Waals surface area contributed by atoms with E-state index in [-0.39, 0.29) is 23.4 Å². The van der Waals surface area contributed by atoms with Crippen LogP contribution in [0, 0.1) is 11.7 Å². The van der Waals surface area contributed by atoms with Gasteiger partial charge in [-0.05, 0) is 56.3 Å². The molecule has 4 rings (SSSR count). The van der Waals surface area contributed by atoms with Crippen LogP contribution in [0.5, 0.6) is 0 Å². The third-order valence-corrected chi connectivity index (χ3v) is 7.95. The highest BCUT2D eigenvalue weighted by atomic mass is 32.1. The van der Waals surface area contributed by atoms with Gasteiger partial charge in [0.2, 0.25) is 0 Å². The van der Waals surface area contributed by atoms with Gasteiger partial charge in [-0.1, -0.05) is 32.9 Å². The van der Waals surface area contributed by atoms with E-state index in [2.05, 4.69) is 41.3 Å². The Balaban J connectivity index is 1.40. The topological polar surface area (TPSA) is 86.8 Å². The van der Waals surface area contributed by atoms with Crippen LogP contribution in [0.15, 0.2) is 29.6 Å². The van der Waals surface area contributed by atoms with Crippen LogP contribution >= 0.6 is 11.3 Å². The smallest absolute Gasteiger partial charge is 0.409 e. The number of cyclic esters (lactones) is 1. The Bertz CT molecular complexity index is 1100. The largest absolute Gasteiger partial charge is 0.442 e. The summed E-state index contributed by atoms with van der Waals surface area (Å²) in [5.41, 5.74) is 1.15. The molecular weight excluding hydrogens is 493 g/mol. The molecule has 3 heterocycles. The number of rotatable bonds is 6. The molecule has 3 amide bonds. The summed E-state index contributed by atoms with van der Waals surface area (Å²) in [6, 6.07) is 6.33. The first-order valence-electron chi connectivity index (χ1n) is 12.8. The molecule has 0 aliphatic carbocycles. The molecular formula is C27H38FN5O3S. The molecule has 2 aromatic rings. The molecule has 2 aliphatic heterocycles. The molecule has 0 radical (unpaired) electrons. The molecule has 0 spiro atoms. The fourth-order valence-corrected chi connectivity index (χ4v) is 6.03. The molecule has 2 N–H and O–H groups in total. The fraction of sp³-hybridized carbons (Fsp3) is 0.593. The number of carbonyl (C=O) groups excluding carboxylic acids is 2. The normalized spacial score (nSPS) is 25.0. The third-order valence-electron chi connectivity index (χ3n) is 7.19. The zero-order valence-corrected chi connectivity index (χ0v) is 23.2. The van der Waals surface area contributed by atoms with Gasteiger partial charge in [0.05, 0.1) is 17.8 Å². The van der Waals surface area contributed by atoms with Crippen LogP contribution in [-0.2, 0) is 16.6 Å². The van der Waals surface area contributed by atoms with Gasteiger partial charge in [0.1, 0.15) is 11.9 Å². The van der Waals surface area contributed by atoms with Crippen molar-refractivity contribution in [3.63, 3.8) is 0 Å². The van der Waals surface area contributed by atoms with Crippen molar-refractivity contribution >= 4 is 28.6 Å². The maximum atomic E-state index is 13.3. The molecule has 0 bridgehead atoms. The Morgan fingerprint density at radius 3 is 2.70 bits per heavy atom. The van der Waals surface area contributed by atoms with E-state index in [1.54, 1.807) is 7.05 Å². The minimum absolute atomic E-state index is 0.104. The van der Waals surface area contributed by atoms with Crippen molar-refractivity contribution in [1.82, 2.24) is 20.1 Å². The Morgan fingerprint density at radius 1 is 1.30 bits per heavy atom. The second-order valence-electron chi connectivity index (χ2n) is 11.6. The van der Waals surface area contributed by atoms with Crippen molar-refractivity contribution in [1.29, 1.82) is 0 Å². The van der Waals surface area contributed by atoms with E-state index < -0.39 is 11.6 Å². The van der Waals surface area contributed by atoms with Gasteiger partial charge in [-0.2, -0.15) is 0 Å². The van der Waals surface area contributed by atoms with Crippen LogP contribution in [0.4, 0.5) is 19.1 Å². The quantitative estimate of drug-likeness (QED) is 0.556. The maximum Gasteiger partial charge on any atom is 0.409 e. The van der Waals surface area contributed by atoms with Crippen LogP contribution in [0.25, 0.3) is 0 Å². The van der Waals surface area contributed by atoms with E-state index in [4.69, 9.17) is 4.74 Å². The Labute approximate surface area is 222 Å². The van der Waals surface area contributed by atoms with Crippen molar-refractivity contribution in [2.45, 2.75) is 64.0 Å². The summed E-state index contributed by atoms with van der Waals surface area (Å²) in [5, 5.41) is 8.41. The lowest BCUT2D eigenvalue weighted by Crippen LogP contribution is -2.68. The number of thiazole rings is 1. The van der Waals surface area contributed by atoms with Gasteiger partial charge in [0.15, 0.2) is 5.13 Å². The predicted octanol–water partition coefficient (Wildman–Crippen LogP) is 4.87. The number of nitrogens with zero attached hydrogens (tertiary/aromatic N) is 3. The van der Waals surface area contributed by atoms with E-state index in [1.807, 2.05) is 24.4 Å². The standard InChI is InChI=1S/C27H38FN5O3S/c1-26(2,3)21-16-37-24(29-21)30-23(34)31-27(4)17-32(5)25(35)36-22(27)15-33-12-6-7-19(14-33)13-18-8-10-20(28)11-9-18/h8-11,16,19,22H,6-7,12-15,17H2,1-5H3,(H2,29,30,31,34)/t19-,22?,27?/m0/s1. The van der Waals surface area contributed by atoms with Crippen molar-refractivity contribution in [2.24, 2.45) is 5.92 Å². The number of nitrogens with one attached hydrogen (secondary N) is 2. The van der Waals surface area contributed by atoms with E-state index in [1.165, 1.54) is 28.4 Å². The molecule has 1 aromatic carbocycles. The molecule has 0 saturated carbocycles. The first-order chi connectivity index (χ1) is 17.4. The van der Waals surface area contributed by atoms with Crippen molar-refractivity contribution in [3.8, 4) is 0 Å². The van der Waals surface area contributed by atoms with Gasteiger partial charge in [-0.25, -0.2) is 19.0 Å². The number of piperidine rings is 1. The number of likely N-dealkylation sites (N-methyl/N-ethyl adjacent to an activating group) is 1. The first kappa shape index (κ1) is 27.3. The number of carbonyl (C=O) groups is 2. The van der Waals surface area contributed by atoms with Crippen molar-refractivity contribution in [2.75, 3.05) is 38.5 Å².